The maximum absolute atomic E-state index is 8.86. The minimum absolute atomic E-state index is 0.582. The highest BCUT2D eigenvalue weighted by molar-refractivity contribution is 5.78. The normalized spacial score (nSPS) is 13.0. The maximum atomic E-state index is 8.86. The average molecular weight is 326 g/mol. The molecule has 4 bridgehead atoms. The third-order valence-corrected chi connectivity index (χ3v) is 4.83. The molecule has 1 heterocycles. The molecule has 0 saturated carbocycles. The first-order valence-electron chi connectivity index (χ1n) is 8.52. The second-order valence-corrected chi connectivity index (χ2v) is 6.39. The summed E-state index contributed by atoms with van der Waals surface area (Å²) >= 11 is 0. The molecule has 7 rings (SSSR count). The topological polar surface area (TPSA) is 61.7 Å². The monoisotopic (exact) mass is 326 g/mol. The molecule has 0 N–H and O–H groups in total. The zero-order valence-corrected chi connectivity index (χ0v) is 13.9. The lowest BCUT2D eigenvalue weighted by Gasteiger charge is -2.15. The number of nitrogens with zero attached hydrogens (tertiary/aromatic N) is 4. The molecule has 4 heteroatoms. The summed E-state index contributed by atoms with van der Waals surface area (Å²) in [7, 11) is 0. The Bertz CT molecular complexity index is 954. The molecule has 0 fully saturated rings. The average Bonchev–Trinajstić information content (AvgIpc) is 2.65. The van der Waals surface area contributed by atoms with Crippen LogP contribution in [0.25, 0.3) is 21.6 Å². The third kappa shape index (κ3) is 3.25. The van der Waals surface area contributed by atoms with Gasteiger partial charge in [0.2, 0.25) is 0 Å². The highest BCUT2D eigenvalue weighted by atomic mass is 15.1. The van der Waals surface area contributed by atoms with Crippen LogP contribution in [0.5, 0.6) is 0 Å². The van der Waals surface area contributed by atoms with Gasteiger partial charge in [-0.05, 0) is 70.7 Å². The Morgan fingerprint density at radius 1 is 0.800 bits per heavy atom. The molecule has 0 spiro atoms. The molecule has 2 aromatic carbocycles. The van der Waals surface area contributed by atoms with Gasteiger partial charge < -0.3 is 0 Å². The Labute approximate surface area is 146 Å². The molecule has 122 valence electrons. The minimum atomic E-state index is 0.582. The van der Waals surface area contributed by atoms with E-state index in [0.29, 0.717) is 5.69 Å². The van der Waals surface area contributed by atoms with Crippen LogP contribution in [0.1, 0.15) is 22.3 Å². The third-order valence-electron chi connectivity index (χ3n) is 4.83. The van der Waals surface area contributed by atoms with Crippen molar-refractivity contribution in [3.63, 3.8) is 0 Å². The maximum Gasteiger partial charge on any atom is 0.0637 e. The van der Waals surface area contributed by atoms with E-state index in [0.717, 1.165) is 36.8 Å². The van der Waals surface area contributed by atoms with Crippen LogP contribution in [0.2, 0.25) is 0 Å². The van der Waals surface area contributed by atoms with Crippen LogP contribution >= 0.6 is 0 Å². The molecular formula is C21H18N4. The van der Waals surface area contributed by atoms with Crippen molar-refractivity contribution in [3.05, 3.63) is 93.6 Å². The van der Waals surface area contributed by atoms with E-state index in [4.69, 9.17) is 5.53 Å². The fraction of sp³-hybridized carbons (Fsp3) is 0.190. The van der Waals surface area contributed by atoms with Crippen LogP contribution in [0.3, 0.4) is 0 Å². The lowest BCUT2D eigenvalue weighted by atomic mass is 9.90. The highest BCUT2D eigenvalue weighted by Gasteiger charge is 2.12. The van der Waals surface area contributed by atoms with Crippen molar-refractivity contribution in [1.82, 2.24) is 4.98 Å². The van der Waals surface area contributed by atoms with Crippen molar-refractivity contribution in [3.8, 4) is 11.1 Å². The quantitative estimate of drug-likeness (QED) is 0.345. The van der Waals surface area contributed by atoms with E-state index in [1.165, 1.54) is 22.3 Å². The largest absolute Gasteiger partial charge is 0.264 e. The molecule has 4 nitrogen and oxygen atoms in total. The van der Waals surface area contributed by atoms with Crippen molar-refractivity contribution < 1.29 is 0 Å². The Morgan fingerprint density at radius 3 is 2.24 bits per heavy atom. The fourth-order valence-electron chi connectivity index (χ4n) is 3.43. The molecule has 3 aromatic rings. The van der Waals surface area contributed by atoms with E-state index in [2.05, 4.69) is 57.5 Å². The highest BCUT2D eigenvalue weighted by Crippen LogP contribution is 2.34. The number of benzene rings is 2. The summed E-state index contributed by atoms with van der Waals surface area (Å²) in [6, 6.07) is 17.6. The second kappa shape index (κ2) is 6.80. The van der Waals surface area contributed by atoms with Crippen molar-refractivity contribution >= 4 is 5.69 Å². The first-order chi connectivity index (χ1) is 12.3. The van der Waals surface area contributed by atoms with Crippen molar-refractivity contribution in [2.45, 2.75) is 25.7 Å². The van der Waals surface area contributed by atoms with E-state index in [1.807, 2.05) is 6.07 Å². The van der Waals surface area contributed by atoms with E-state index in [9.17, 15) is 0 Å². The molecule has 0 amide bonds. The summed E-state index contributed by atoms with van der Waals surface area (Å²) in [4.78, 5) is 7.06. The number of hydrogen-bond donors (Lipinski definition) is 0. The van der Waals surface area contributed by atoms with Gasteiger partial charge in [0, 0.05) is 17.3 Å². The fourth-order valence-corrected chi connectivity index (χ4v) is 3.43. The molecule has 1 aromatic heterocycles. The number of hydrogen-bond acceptors (Lipinski definition) is 2. The lowest BCUT2D eigenvalue weighted by Crippen LogP contribution is -2.00. The van der Waals surface area contributed by atoms with Gasteiger partial charge in [-0.1, -0.05) is 47.6 Å². The van der Waals surface area contributed by atoms with E-state index >= 15 is 0 Å². The van der Waals surface area contributed by atoms with E-state index in [-0.39, 0.29) is 0 Å². The molecule has 0 aliphatic heterocycles. The van der Waals surface area contributed by atoms with Crippen LogP contribution in [0.15, 0.2) is 66.0 Å². The van der Waals surface area contributed by atoms with Gasteiger partial charge in [-0.25, -0.2) is 0 Å². The van der Waals surface area contributed by atoms with Gasteiger partial charge in [-0.15, -0.1) is 0 Å². The predicted molar refractivity (Wildman–Crippen MR) is 99.7 cm³/mol. The number of aromatic nitrogens is 1. The Hall–Kier alpha value is -3.10. The molecular weight excluding hydrogens is 308 g/mol. The molecule has 4 aliphatic carbocycles. The molecule has 4 aliphatic rings. The number of pyridine rings is 1. The Kier molecular flexibility index (Phi) is 4.19. The first kappa shape index (κ1) is 15.4. The van der Waals surface area contributed by atoms with Gasteiger partial charge in [0.25, 0.3) is 0 Å². The summed E-state index contributed by atoms with van der Waals surface area (Å²) in [5, 5.41) is 3.83. The van der Waals surface area contributed by atoms with E-state index < -0.39 is 0 Å². The van der Waals surface area contributed by atoms with Gasteiger partial charge in [0.05, 0.1) is 5.69 Å². The van der Waals surface area contributed by atoms with Gasteiger partial charge in [0.15, 0.2) is 0 Å². The Balaban J connectivity index is 1.83. The summed E-state index contributed by atoms with van der Waals surface area (Å²) in [5.41, 5.74) is 16.8. The van der Waals surface area contributed by atoms with E-state index in [1.54, 1.807) is 12.4 Å². The zero-order chi connectivity index (χ0) is 17.1. The van der Waals surface area contributed by atoms with Crippen molar-refractivity contribution in [1.29, 1.82) is 0 Å². The van der Waals surface area contributed by atoms with Crippen LogP contribution < -0.4 is 0 Å². The lowest BCUT2D eigenvalue weighted by molar-refractivity contribution is 0.923. The van der Waals surface area contributed by atoms with Crippen LogP contribution in [0, 0.1) is 0 Å². The molecule has 0 atom stereocenters. The standard InChI is InChI=1S/C21H18N4/c22-25-24-21-14-23-12-11-19(21)20-13-17-6-5-15-1-3-16(4-2-15)7-9-18(20)10-8-17/h1-4,8,10-14H,5-7,9H2. The number of aryl methyl sites for hydroxylation is 4. The summed E-state index contributed by atoms with van der Waals surface area (Å²) in [6.07, 6.45) is 7.35. The second-order valence-electron chi connectivity index (χ2n) is 6.39. The molecule has 0 unspecified atom stereocenters. The smallest absolute Gasteiger partial charge is 0.0637 e. The number of azide groups is 1. The molecule has 25 heavy (non-hydrogen) atoms. The SMILES string of the molecule is [N-]=[N+]=Nc1cnccc1-c1cc2ccc1CCc1ccc(cc1)CC2. The number of rotatable bonds is 2. The Morgan fingerprint density at radius 2 is 1.48 bits per heavy atom. The first-order valence-corrected chi connectivity index (χ1v) is 8.52. The summed E-state index contributed by atoms with van der Waals surface area (Å²) in [5.74, 6) is 0. The minimum Gasteiger partial charge on any atom is -0.264 e. The molecule has 0 radical (unpaired) electrons. The van der Waals surface area contributed by atoms with Crippen LogP contribution in [-0.4, -0.2) is 4.98 Å². The molecule has 0 saturated heterocycles. The van der Waals surface area contributed by atoms with Gasteiger partial charge in [-0.2, -0.15) is 0 Å². The summed E-state index contributed by atoms with van der Waals surface area (Å²) in [6.45, 7) is 0. The van der Waals surface area contributed by atoms with Gasteiger partial charge >= 0.3 is 0 Å². The van der Waals surface area contributed by atoms with Crippen molar-refractivity contribution in [2.75, 3.05) is 0 Å². The van der Waals surface area contributed by atoms with Crippen LogP contribution in [0.4, 0.5) is 5.69 Å². The van der Waals surface area contributed by atoms with Crippen molar-refractivity contribution in [2.24, 2.45) is 5.11 Å². The van der Waals surface area contributed by atoms with Gasteiger partial charge in [-0.3, -0.25) is 4.98 Å². The van der Waals surface area contributed by atoms with Gasteiger partial charge in [0.1, 0.15) is 0 Å². The predicted octanol–water partition coefficient (Wildman–Crippen LogP) is 5.57. The zero-order valence-electron chi connectivity index (χ0n) is 13.9. The summed E-state index contributed by atoms with van der Waals surface area (Å²) < 4.78 is 0. The van der Waals surface area contributed by atoms with Crippen LogP contribution in [-0.2, 0) is 25.7 Å².